The van der Waals surface area contributed by atoms with E-state index in [9.17, 15) is 0 Å². The normalized spacial score (nSPS) is 10.3. The minimum atomic E-state index is 0.771. The average Bonchev–Trinajstić information content (AvgIpc) is 2.64. The van der Waals surface area contributed by atoms with E-state index >= 15 is 0 Å². The molecule has 0 saturated heterocycles. The van der Waals surface area contributed by atoms with Crippen LogP contribution in [0.2, 0.25) is 0 Å². The molecule has 0 radical (unpaired) electrons. The van der Waals surface area contributed by atoms with Crippen LogP contribution in [0.1, 0.15) is 5.69 Å². The van der Waals surface area contributed by atoms with Crippen LogP contribution in [0.4, 0.5) is 16.5 Å². The topological polar surface area (TPSA) is 42.1 Å². The van der Waals surface area contributed by atoms with Crippen LogP contribution in [0.5, 0.6) is 0 Å². The second-order valence-electron chi connectivity index (χ2n) is 3.43. The number of nitrogens with zero attached hydrogens (tertiary/aromatic N) is 2. The molecule has 2 N–H and O–H groups in total. The second kappa shape index (κ2) is 3.90. The van der Waals surface area contributed by atoms with Crippen molar-refractivity contribution in [1.82, 2.24) is 4.98 Å². The largest absolute Gasteiger partial charge is 0.399 e. The van der Waals surface area contributed by atoms with Gasteiger partial charge in [-0.15, -0.1) is 11.3 Å². The fraction of sp³-hybridized carbons (Fsp3) is 0.182. The van der Waals surface area contributed by atoms with Crippen molar-refractivity contribution in [2.75, 3.05) is 17.7 Å². The molecule has 0 atom stereocenters. The standard InChI is InChI=1S/C11H13N3S/c1-8-7-15-11(13-8)14(2)10-5-3-4-9(12)6-10/h3-7H,12H2,1-2H3. The number of hydrogen-bond donors (Lipinski definition) is 1. The van der Waals surface area contributed by atoms with E-state index in [1.54, 1.807) is 11.3 Å². The Morgan fingerprint density at radius 3 is 2.80 bits per heavy atom. The quantitative estimate of drug-likeness (QED) is 0.790. The fourth-order valence-corrected chi connectivity index (χ4v) is 2.13. The molecule has 0 spiro atoms. The van der Waals surface area contributed by atoms with Crippen LogP contribution in [0, 0.1) is 6.92 Å². The highest BCUT2D eigenvalue weighted by Gasteiger charge is 2.07. The number of aryl methyl sites for hydroxylation is 1. The van der Waals surface area contributed by atoms with Crippen molar-refractivity contribution in [3.63, 3.8) is 0 Å². The molecule has 3 nitrogen and oxygen atoms in total. The summed E-state index contributed by atoms with van der Waals surface area (Å²) in [7, 11) is 1.99. The molecule has 4 heteroatoms. The van der Waals surface area contributed by atoms with Crippen molar-refractivity contribution in [3.8, 4) is 0 Å². The molecular formula is C11H13N3S. The van der Waals surface area contributed by atoms with Gasteiger partial charge in [-0.05, 0) is 25.1 Å². The van der Waals surface area contributed by atoms with E-state index in [1.165, 1.54) is 0 Å². The van der Waals surface area contributed by atoms with Gasteiger partial charge in [-0.3, -0.25) is 0 Å². The summed E-state index contributed by atoms with van der Waals surface area (Å²) in [6.45, 7) is 1.99. The molecular weight excluding hydrogens is 206 g/mol. The predicted molar refractivity (Wildman–Crippen MR) is 65.8 cm³/mol. The van der Waals surface area contributed by atoms with Crippen LogP contribution in [-0.2, 0) is 0 Å². The molecule has 78 valence electrons. The average molecular weight is 219 g/mol. The van der Waals surface area contributed by atoms with Gasteiger partial charge >= 0.3 is 0 Å². The van der Waals surface area contributed by atoms with E-state index in [0.717, 1.165) is 22.2 Å². The highest BCUT2D eigenvalue weighted by molar-refractivity contribution is 7.13. The number of hydrogen-bond acceptors (Lipinski definition) is 4. The third-order valence-corrected chi connectivity index (χ3v) is 3.19. The molecule has 2 rings (SSSR count). The molecule has 0 saturated carbocycles. The van der Waals surface area contributed by atoms with Gasteiger partial charge < -0.3 is 10.6 Å². The summed E-state index contributed by atoms with van der Waals surface area (Å²) >= 11 is 1.63. The molecule has 2 aromatic rings. The lowest BCUT2D eigenvalue weighted by atomic mass is 10.3. The lowest BCUT2D eigenvalue weighted by Crippen LogP contribution is -2.09. The predicted octanol–water partition coefficient (Wildman–Crippen LogP) is 2.80. The number of nitrogen functional groups attached to an aromatic ring is 1. The molecule has 0 amide bonds. The van der Waals surface area contributed by atoms with Gasteiger partial charge in [-0.25, -0.2) is 4.98 Å². The van der Waals surface area contributed by atoms with Crippen molar-refractivity contribution in [2.24, 2.45) is 0 Å². The zero-order valence-corrected chi connectivity index (χ0v) is 9.58. The lowest BCUT2D eigenvalue weighted by Gasteiger charge is -2.15. The Balaban J connectivity index is 2.32. The Hall–Kier alpha value is -1.55. The lowest BCUT2D eigenvalue weighted by molar-refractivity contribution is 1.14. The number of benzene rings is 1. The molecule has 1 aromatic carbocycles. The first-order valence-electron chi connectivity index (χ1n) is 4.68. The SMILES string of the molecule is Cc1csc(N(C)c2cccc(N)c2)n1. The van der Waals surface area contributed by atoms with Crippen LogP contribution < -0.4 is 10.6 Å². The first kappa shape index (κ1) is 9.98. The maximum absolute atomic E-state index is 5.74. The number of rotatable bonds is 2. The minimum Gasteiger partial charge on any atom is -0.399 e. The van der Waals surface area contributed by atoms with Gasteiger partial charge in [-0.2, -0.15) is 0 Å². The van der Waals surface area contributed by atoms with E-state index in [4.69, 9.17) is 5.73 Å². The summed E-state index contributed by atoms with van der Waals surface area (Å²) in [6.07, 6.45) is 0. The molecule has 0 aliphatic heterocycles. The molecule has 15 heavy (non-hydrogen) atoms. The zero-order valence-electron chi connectivity index (χ0n) is 8.77. The third kappa shape index (κ3) is 2.10. The van der Waals surface area contributed by atoms with Gasteiger partial charge in [-0.1, -0.05) is 6.07 Å². The van der Waals surface area contributed by atoms with Gasteiger partial charge in [0.25, 0.3) is 0 Å². The number of nitrogens with two attached hydrogens (primary N) is 1. The van der Waals surface area contributed by atoms with E-state index in [0.29, 0.717) is 0 Å². The number of anilines is 3. The number of aromatic nitrogens is 1. The van der Waals surface area contributed by atoms with Crippen molar-refractivity contribution in [2.45, 2.75) is 6.92 Å². The monoisotopic (exact) mass is 219 g/mol. The number of thiazole rings is 1. The maximum atomic E-state index is 5.74. The highest BCUT2D eigenvalue weighted by Crippen LogP contribution is 2.27. The van der Waals surface area contributed by atoms with Crippen LogP contribution >= 0.6 is 11.3 Å². The Bertz CT molecular complexity index is 464. The smallest absolute Gasteiger partial charge is 0.189 e. The van der Waals surface area contributed by atoms with Crippen LogP contribution in [0.25, 0.3) is 0 Å². The Morgan fingerprint density at radius 2 is 2.20 bits per heavy atom. The molecule has 0 fully saturated rings. The maximum Gasteiger partial charge on any atom is 0.189 e. The summed E-state index contributed by atoms with van der Waals surface area (Å²) in [5, 5.41) is 3.02. The van der Waals surface area contributed by atoms with Gasteiger partial charge in [0.2, 0.25) is 0 Å². The first-order valence-corrected chi connectivity index (χ1v) is 5.56. The molecule has 0 aliphatic carbocycles. The van der Waals surface area contributed by atoms with E-state index in [2.05, 4.69) is 4.98 Å². The van der Waals surface area contributed by atoms with E-state index in [1.807, 2.05) is 48.5 Å². The summed E-state index contributed by atoms with van der Waals surface area (Å²) in [6, 6.07) is 7.79. The Kier molecular flexibility index (Phi) is 2.60. The Labute approximate surface area is 93.2 Å². The van der Waals surface area contributed by atoms with E-state index in [-0.39, 0.29) is 0 Å². The van der Waals surface area contributed by atoms with Gasteiger partial charge in [0, 0.05) is 23.8 Å². The first-order chi connectivity index (χ1) is 7.16. The fourth-order valence-electron chi connectivity index (χ4n) is 1.34. The van der Waals surface area contributed by atoms with Crippen LogP contribution in [0.15, 0.2) is 29.6 Å². The molecule has 1 aromatic heterocycles. The van der Waals surface area contributed by atoms with Gasteiger partial charge in [0.1, 0.15) is 0 Å². The van der Waals surface area contributed by atoms with Gasteiger partial charge in [0.05, 0.1) is 5.69 Å². The third-order valence-electron chi connectivity index (χ3n) is 2.15. The van der Waals surface area contributed by atoms with Crippen LogP contribution in [-0.4, -0.2) is 12.0 Å². The van der Waals surface area contributed by atoms with Crippen molar-refractivity contribution in [1.29, 1.82) is 0 Å². The zero-order chi connectivity index (χ0) is 10.8. The Morgan fingerprint density at radius 1 is 1.40 bits per heavy atom. The van der Waals surface area contributed by atoms with Crippen molar-refractivity contribution >= 4 is 27.8 Å². The molecule has 1 heterocycles. The summed E-state index contributed by atoms with van der Waals surface area (Å²) in [5.41, 5.74) is 8.61. The van der Waals surface area contributed by atoms with E-state index < -0.39 is 0 Å². The molecule has 0 aliphatic rings. The van der Waals surface area contributed by atoms with Crippen LogP contribution in [0.3, 0.4) is 0 Å². The second-order valence-corrected chi connectivity index (χ2v) is 4.26. The summed E-state index contributed by atoms with van der Waals surface area (Å²) < 4.78 is 0. The highest BCUT2D eigenvalue weighted by atomic mass is 32.1. The van der Waals surface area contributed by atoms with Gasteiger partial charge in [0.15, 0.2) is 5.13 Å². The minimum absolute atomic E-state index is 0.771. The summed E-state index contributed by atoms with van der Waals surface area (Å²) in [5.74, 6) is 0. The molecule has 0 unspecified atom stereocenters. The summed E-state index contributed by atoms with van der Waals surface area (Å²) in [4.78, 5) is 6.46. The molecule has 0 bridgehead atoms. The van der Waals surface area contributed by atoms with Crippen molar-refractivity contribution in [3.05, 3.63) is 35.3 Å². The van der Waals surface area contributed by atoms with Crippen molar-refractivity contribution < 1.29 is 0 Å².